The molecule has 1 aliphatic heterocycles. The molecule has 1 saturated heterocycles. The topological polar surface area (TPSA) is 62.6 Å². The van der Waals surface area contributed by atoms with E-state index in [1.54, 1.807) is 12.1 Å². The van der Waals surface area contributed by atoms with Crippen molar-refractivity contribution >= 4 is 48.3 Å². The van der Waals surface area contributed by atoms with Gasteiger partial charge in [0.05, 0.1) is 12.2 Å². The highest BCUT2D eigenvalue weighted by atomic mass is 127. The monoisotopic (exact) mass is 376 g/mol. The third-order valence-electron chi connectivity index (χ3n) is 2.73. The van der Waals surface area contributed by atoms with E-state index in [1.807, 2.05) is 22.6 Å². The summed E-state index contributed by atoms with van der Waals surface area (Å²) in [4.78, 5) is 13.1. The molecule has 1 aliphatic rings. The summed E-state index contributed by atoms with van der Waals surface area (Å²) in [5, 5.41) is 6.73. The van der Waals surface area contributed by atoms with Crippen molar-refractivity contribution in [3.63, 3.8) is 0 Å². The molecule has 0 bridgehead atoms. The zero-order valence-electron chi connectivity index (χ0n) is 9.94. The molecule has 1 heterocycles. The number of nitrogens with one attached hydrogen (secondary N) is 1. The number of halogens is 2. The fourth-order valence-electron chi connectivity index (χ4n) is 1.79. The van der Waals surface area contributed by atoms with Gasteiger partial charge in [-0.2, -0.15) is 0 Å². The molecule has 1 N–H and O–H groups in total. The van der Waals surface area contributed by atoms with Crippen molar-refractivity contribution in [3.05, 3.63) is 27.6 Å². The van der Waals surface area contributed by atoms with Gasteiger partial charge in [-0.25, -0.2) is 9.18 Å². The first-order valence-electron chi connectivity index (χ1n) is 5.65. The number of ether oxygens (including phenoxy) is 1. The Morgan fingerprint density at radius 1 is 1.68 bits per heavy atom. The van der Waals surface area contributed by atoms with Crippen molar-refractivity contribution in [3.8, 4) is 0 Å². The summed E-state index contributed by atoms with van der Waals surface area (Å²) in [6.07, 6.45) is 0.573. The number of cyclic esters (lactones) is 1. The lowest BCUT2D eigenvalue weighted by molar-refractivity contribution is 0.149. The minimum absolute atomic E-state index is 0.296. The van der Waals surface area contributed by atoms with E-state index in [0.717, 1.165) is 6.40 Å². The maximum Gasteiger partial charge on any atom is 0.414 e. The van der Waals surface area contributed by atoms with Gasteiger partial charge >= 0.3 is 13.6 Å². The van der Waals surface area contributed by atoms with Crippen LogP contribution < -0.4 is 4.90 Å². The molecule has 1 atom stereocenters. The van der Waals surface area contributed by atoms with Crippen molar-refractivity contribution in [1.29, 1.82) is 5.41 Å². The molecule has 8 heteroatoms. The van der Waals surface area contributed by atoms with E-state index in [1.165, 1.54) is 11.0 Å². The predicted molar refractivity (Wildman–Crippen MR) is 78.6 cm³/mol. The molecule has 1 aromatic carbocycles. The number of carbonyl (C=O) groups is 1. The summed E-state index contributed by atoms with van der Waals surface area (Å²) in [6.45, 7) is 0.361. The molecule has 100 valence electrons. The third-order valence-corrected chi connectivity index (χ3v) is 3.60. The molecular weight excluding hydrogens is 365 g/mol. The summed E-state index contributed by atoms with van der Waals surface area (Å²) in [5.74, 6) is -0.360. The van der Waals surface area contributed by atoms with Crippen LogP contribution in [0.4, 0.5) is 14.9 Å². The molecule has 5 nitrogen and oxygen atoms in total. The standard InChI is InChI=1S/C11H11BFIN2O3/c13-9-3-7(1-2-10(9)14)16-5-8(19-11(16)17)4-12-18-6-15/h1-3,6,8,12,15H,4-5H2/t8-/m0/s1. The van der Waals surface area contributed by atoms with E-state index in [4.69, 9.17) is 14.8 Å². The molecule has 1 amide bonds. The van der Waals surface area contributed by atoms with Crippen LogP contribution in [0.15, 0.2) is 18.2 Å². The van der Waals surface area contributed by atoms with E-state index in [9.17, 15) is 9.18 Å². The molecule has 1 fully saturated rings. The van der Waals surface area contributed by atoms with Gasteiger partial charge in [-0.15, -0.1) is 0 Å². The third kappa shape index (κ3) is 3.37. The van der Waals surface area contributed by atoms with Gasteiger partial charge in [-0.1, -0.05) is 0 Å². The minimum Gasteiger partial charge on any atom is -0.557 e. The van der Waals surface area contributed by atoms with Gasteiger partial charge in [-0.05, 0) is 40.8 Å². The summed E-state index contributed by atoms with van der Waals surface area (Å²) in [6, 6.07) is 4.62. The van der Waals surface area contributed by atoms with Crippen molar-refractivity contribution in [1.82, 2.24) is 0 Å². The summed E-state index contributed by atoms with van der Waals surface area (Å²) >= 11 is 1.89. The Hall–Kier alpha value is -1.32. The normalized spacial score (nSPS) is 18.1. The van der Waals surface area contributed by atoms with Gasteiger partial charge in [0, 0.05) is 9.89 Å². The Morgan fingerprint density at radius 3 is 3.16 bits per heavy atom. The van der Waals surface area contributed by atoms with Gasteiger partial charge < -0.3 is 9.39 Å². The number of carbonyl (C=O) groups excluding carboxylic acids is 1. The number of anilines is 1. The van der Waals surface area contributed by atoms with Crippen molar-refractivity contribution in [2.24, 2.45) is 0 Å². The van der Waals surface area contributed by atoms with Crippen LogP contribution in [0, 0.1) is 14.8 Å². The van der Waals surface area contributed by atoms with E-state index < -0.39 is 6.09 Å². The molecule has 2 rings (SSSR count). The highest BCUT2D eigenvalue weighted by Gasteiger charge is 2.32. The van der Waals surface area contributed by atoms with E-state index >= 15 is 0 Å². The Bertz CT molecular complexity index is 503. The molecule has 0 radical (unpaired) electrons. The second-order valence-electron chi connectivity index (χ2n) is 3.99. The lowest BCUT2D eigenvalue weighted by Crippen LogP contribution is -2.25. The fourth-order valence-corrected chi connectivity index (χ4v) is 2.13. The second kappa shape index (κ2) is 6.22. The minimum atomic E-state index is -0.486. The number of nitrogens with zero attached hydrogens (tertiary/aromatic N) is 1. The van der Waals surface area contributed by atoms with Crippen LogP contribution in [0.25, 0.3) is 0 Å². The molecule has 0 aliphatic carbocycles. The Labute approximate surface area is 124 Å². The number of benzene rings is 1. The number of rotatable bonds is 5. The Balaban J connectivity index is 2.02. The van der Waals surface area contributed by atoms with Crippen LogP contribution in [-0.2, 0) is 9.39 Å². The molecule has 1 aromatic rings. The fraction of sp³-hybridized carbons (Fsp3) is 0.273. The molecule has 0 aromatic heterocycles. The summed E-state index contributed by atoms with van der Waals surface area (Å²) < 4.78 is 23.9. The largest absolute Gasteiger partial charge is 0.557 e. The van der Waals surface area contributed by atoms with E-state index in [0.29, 0.717) is 29.6 Å². The van der Waals surface area contributed by atoms with Crippen LogP contribution >= 0.6 is 22.6 Å². The number of hydrogen-bond donors (Lipinski definition) is 1. The van der Waals surface area contributed by atoms with Gasteiger partial charge in [0.2, 0.25) is 0 Å². The van der Waals surface area contributed by atoms with Gasteiger partial charge in [0.1, 0.15) is 18.3 Å². The number of amides is 1. The van der Waals surface area contributed by atoms with Crippen molar-refractivity contribution in [2.75, 3.05) is 11.4 Å². The SMILES string of the molecule is N=COBC[C@H]1CN(c2ccc(I)c(F)c2)C(=O)O1. The Kier molecular flexibility index (Phi) is 4.62. The first kappa shape index (κ1) is 14.1. The average molecular weight is 376 g/mol. The summed E-state index contributed by atoms with van der Waals surface area (Å²) in [5.41, 5.74) is 0.485. The maximum absolute atomic E-state index is 13.5. The van der Waals surface area contributed by atoms with Gasteiger partial charge in [-0.3, -0.25) is 10.3 Å². The highest BCUT2D eigenvalue weighted by Crippen LogP contribution is 2.25. The zero-order chi connectivity index (χ0) is 13.8. The van der Waals surface area contributed by atoms with Crippen LogP contribution in [0.1, 0.15) is 0 Å². The smallest absolute Gasteiger partial charge is 0.414 e. The first-order valence-corrected chi connectivity index (χ1v) is 6.73. The zero-order valence-corrected chi connectivity index (χ0v) is 12.1. The molecule has 0 saturated carbocycles. The number of hydrogen-bond acceptors (Lipinski definition) is 4. The Morgan fingerprint density at radius 2 is 2.47 bits per heavy atom. The molecular formula is C11H11BFIN2O3. The van der Waals surface area contributed by atoms with Crippen LogP contribution in [0.5, 0.6) is 0 Å². The quantitative estimate of drug-likeness (QED) is 0.282. The maximum atomic E-state index is 13.5. The average Bonchev–Trinajstić information content (AvgIpc) is 2.74. The molecule has 0 spiro atoms. The lowest BCUT2D eigenvalue weighted by atomic mass is 9.91. The van der Waals surface area contributed by atoms with Crippen LogP contribution in [0.3, 0.4) is 0 Å². The van der Waals surface area contributed by atoms with Crippen molar-refractivity contribution < 1.29 is 18.6 Å². The van der Waals surface area contributed by atoms with Crippen molar-refractivity contribution in [2.45, 2.75) is 12.4 Å². The highest BCUT2D eigenvalue weighted by molar-refractivity contribution is 14.1. The van der Waals surface area contributed by atoms with Crippen LogP contribution in [-0.4, -0.2) is 32.6 Å². The molecule has 19 heavy (non-hydrogen) atoms. The second-order valence-corrected chi connectivity index (χ2v) is 5.15. The van der Waals surface area contributed by atoms with Gasteiger partial charge in [0.15, 0.2) is 0 Å². The molecule has 0 unspecified atom stereocenters. The van der Waals surface area contributed by atoms with E-state index in [2.05, 4.69) is 0 Å². The lowest BCUT2D eigenvalue weighted by Gasteiger charge is -2.13. The summed E-state index contributed by atoms with van der Waals surface area (Å²) in [7, 11) is 0.316. The van der Waals surface area contributed by atoms with Gasteiger partial charge in [0.25, 0.3) is 0 Å². The van der Waals surface area contributed by atoms with E-state index in [-0.39, 0.29) is 11.9 Å². The van der Waals surface area contributed by atoms with Crippen LogP contribution in [0.2, 0.25) is 6.32 Å². The predicted octanol–water partition coefficient (Wildman–Crippen LogP) is 2.15. The first-order chi connectivity index (χ1) is 9.11.